The molecule has 0 saturated heterocycles. The van der Waals surface area contributed by atoms with E-state index in [2.05, 4.69) is 51.1 Å². The van der Waals surface area contributed by atoms with E-state index in [9.17, 15) is 0 Å². The van der Waals surface area contributed by atoms with Crippen LogP contribution in [0.4, 0.5) is 0 Å². The van der Waals surface area contributed by atoms with Crippen molar-refractivity contribution in [2.75, 3.05) is 0 Å². The lowest BCUT2D eigenvalue weighted by molar-refractivity contribution is 0.449. The smallest absolute Gasteiger partial charge is 0.243 e. The van der Waals surface area contributed by atoms with Crippen LogP contribution in [0.5, 0.6) is 11.6 Å². The molecule has 21 heavy (non-hydrogen) atoms. The summed E-state index contributed by atoms with van der Waals surface area (Å²) in [5.41, 5.74) is 1.06. The molecule has 1 N–H and O–H groups in total. The minimum Gasteiger partial charge on any atom is -0.436 e. The highest BCUT2D eigenvalue weighted by Gasteiger charge is 2.16. The predicted molar refractivity (Wildman–Crippen MR) is 94.3 cm³/mol. The zero-order chi connectivity index (χ0) is 14.8. The average Bonchev–Trinajstić information content (AvgIpc) is 3.00. The van der Waals surface area contributed by atoms with Crippen LogP contribution < -0.4 is 10.1 Å². The first kappa shape index (κ1) is 14.8. The summed E-state index contributed by atoms with van der Waals surface area (Å²) < 4.78 is 9.21. The van der Waals surface area contributed by atoms with Crippen LogP contribution in [0.2, 0.25) is 0 Å². The number of hydrogen-bond acceptors (Lipinski definition) is 4. The second kappa shape index (κ2) is 6.33. The van der Waals surface area contributed by atoms with Crippen molar-refractivity contribution >= 4 is 38.9 Å². The van der Waals surface area contributed by atoms with Crippen LogP contribution >= 0.6 is 33.9 Å². The van der Waals surface area contributed by atoms with Gasteiger partial charge in [0, 0.05) is 24.2 Å². The molecule has 4 nitrogen and oxygen atoms in total. The van der Waals surface area contributed by atoms with Gasteiger partial charge in [-0.1, -0.05) is 26.0 Å². The summed E-state index contributed by atoms with van der Waals surface area (Å²) in [4.78, 5) is 5.56. The molecule has 0 radical (unpaired) electrons. The van der Waals surface area contributed by atoms with Crippen molar-refractivity contribution in [3.8, 4) is 11.6 Å². The van der Waals surface area contributed by atoms with Crippen molar-refractivity contribution in [2.24, 2.45) is 0 Å². The Morgan fingerprint density at radius 2 is 2.19 bits per heavy atom. The number of ether oxygens (including phenoxy) is 1. The summed E-state index contributed by atoms with van der Waals surface area (Å²) >= 11 is 3.89. The molecule has 0 aliphatic heterocycles. The van der Waals surface area contributed by atoms with E-state index in [1.807, 2.05) is 35.8 Å². The highest BCUT2D eigenvalue weighted by Crippen LogP contribution is 2.30. The van der Waals surface area contributed by atoms with E-state index in [4.69, 9.17) is 4.74 Å². The molecule has 2 aromatic heterocycles. The van der Waals surface area contributed by atoms with Crippen molar-refractivity contribution in [2.45, 2.75) is 26.4 Å². The fraction of sp³-hybridized carbons (Fsp3) is 0.267. The maximum atomic E-state index is 6.04. The van der Waals surface area contributed by atoms with Gasteiger partial charge in [-0.2, -0.15) is 4.98 Å². The molecule has 0 bridgehead atoms. The summed E-state index contributed by atoms with van der Waals surface area (Å²) in [6.45, 7) is 4.99. The molecule has 0 spiro atoms. The SMILES string of the molecule is CC(C)NCc1c(Oc2ccccc2I)nc2sccn12. The lowest BCUT2D eigenvalue weighted by Crippen LogP contribution is -2.22. The van der Waals surface area contributed by atoms with E-state index in [-0.39, 0.29) is 0 Å². The van der Waals surface area contributed by atoms with Gasteiger partial charge < -0.3 is 10.1 Å². The van der Waals surface area contributed by atoms with Gasteiger partial charge in [0.15, 0.2) is 4.96 Å². The van der Waals surface area contributed by atoms with Crippen molar-refractivity contribution in [3.05, 3.63) is 45.1 Å². The number of hydrogen-bond donors (Lipinski definition) is 1. The number of nitrogens with one attached hydrogen (secondary N) is 1. The molecule has 0 unspecified atom stereocenters. The molecule has 3 aromatic rings. The van der Waals surface area contributed by atoms with E-state index in [1.54, 1.807) is 11.3 Å². The first-order chi connectivity index (χ1) is 10.1. The quantitative estimate of drug-likeness (QED) is 0.635. The molecule has 0 fully saturated rings. The van der Waals surface area contributed by atoms with Crippen LogP contribution in [0.3, 0.4) is 0 Å². The number of nitrogens with zero attached hydrogens (tertiary/aromatic N) is 2. The van der Waals surface area contributed by atoms with Crippen molar-refractivity contribution in [1.82, 2.24) is 14.7 Å². The summed E-state index contributed by atoms with van der Waals surface area (Å²) in [5.74, 6) is 1.52. The van der Waals surface area contributed by atoms with Gasteiger partial charge in [-0.15, -0.1) is 11.3 Å². The van der Waals surface area contributed by atoms with Gasteiger partial charge in [-0.25, -0.2) is 0 Å². The molecule has 0 aliphatic carbocycles. The minimum atomic E-state index is 0.416. The molecule has 1 aromatic carbocycles. The number of aromatic nitrogens is 2. The molecule has 0 aliphatic rings. The molecule has 2 heterocycles. The third-order valence-corrected chi connectivity index (χ3v) is 4.69. The highest BCUT2D eigenvalue weighted by atomic mass is 127. The van der Waals surface area contributed by atoms with Gasteiger partial charge >= 0.3 is 0 Å². The maximum absolute atomic E-state index is 6.04. The Balaban J connectivity index is 1.95. The Morgan fingerprint density at radius 1 is 1.38 bits per heavy atom. The Bertz CT molecular complexity index is 750. The van der Waals surface area contributed by atoms with E-state index >= 15 is 0 Å². The maximum Gasteiger partial charge on any atom is 0.243 e. The Hall–Kier alpha value is -1.12. The number of halogens is 1. The zero-order valence-corrected chi connectivity index (χ0v) is 14.8. The van der Waals surface area contributed by atoms with Crippen LogP contribution in [0, 0.1) is 3.57 Å². The Labute approximate surface area is 141 Å². The normalized spacial score (nSPS) is 11.4. The largest absolute Gasteiger partial charge is 0.436 e. The predicted octanol–water partition coefficient (Wildman–Crippen LogP) is 4.29. The van der Waals surface area contributed by atoms with E-state index in [1.165, 1.54) is 0 Å². The summed E-state index contributed by atoms with van der Waals surface area (Å²) in [6.07, 6.45) is 2.03. The topological polar surface area (TPSA) is 38.6 Å². The number of fused-ring (bicyclic) bond motifs is 1. The molecule has 6 heteroatoms. The monoisotopic (exact) mass is 413 g/mol. The van der Waals surface area contributed by atoms with E-state index in [0.717, 1.165) is 26.5 Å². The van der Waals surface area contributed by atoms with Crippen LogP contribution in [0.1, 0.15) is 19.5 Å². The number of rotatable bonds is 5. The fourth-order valence-corrected chi connectivity index (χ4v) is 3.21. The molecular formula is C15H16IN3OS. The molecule has 0 atom stereocenters. The lowest BCUT2D eigenvalue weighted by atomic mass is 10.3. The molecule has 110 valence electrons. The zero-order valence-electron chi connectivity index (χ0n) is 11.8. The third-order valence-electron chi connectivity index (χ3n) is 3.05. The first-order valence-corrected chi connectivity index (χ1v) is 8.71. The summed E-state index contributed by atoms with van der Waals surface area (Å²) in [6, 6.07) is 8.39. The Morgan fingerprint density at radius 3 is 2.95 bits per heavy atom. The number of thiazole rings is 1. The van der Waals surface area contributed by atoms with Gasteiger partial charge in [0.25, 0.3) is 0 Å². The van der Waals surface area contributed by atoms with Gasteiger partial charge in [-0.3, -0.25) is 4.40 Å². The molecule has 0 saturated carbocycles. The van der Waals surface area contributed by atoms with Crippen LogP contribution in [-0.4, -0.2) is 15.4 Å². The number of para-hydroxylation sites is 1. The summed E-state index contributed by atoms with van der Waals surface area (Å²) in [7, 11) is 0. The Kier molecular flexibility index (Phi) is 4.46. The van der Waals surface area contributed by atoms with Gasteiger partial charge in [0.05, 0.1) is 3.57 Å². The number of benzene rings is 1. The minimum absolute atomic E-state index is 0.416. The average molecular weight is 413 g/mol. The van der Waals surface area contributed by atoms with E-state index < -0.39 is 0 Å². The van der Waals surface area contributed by atoms with Gasteiger partial charge in [0.2, 0.25) is 5.88 Å². The van der Waals surface area contributed by atoms with Crippen LogP contribution in [0.25, 0.3) is 4.96 Å². The lowest BCUT2D eigenvalue weighted by Gasteiger charge is -2.10. The summed E-state index contributed by atoms with van der Waals surface area (Å²) in [5, 5.41) is 5.47. The molecular weight excluding hydrogens is 397 g/mol. The second-order valence-electron chi connectivity index (χ2n) is 4.99. The van der Waals surface area contributed by atoms with Crippen LogP contribution in [0.15, 0.2) is 35.8 Å². The van der Waals surface area contributed by atoms with Gasteiger partial charge in [-0.05, 0) is 34.7 Å². The third kappa shape index (κ3) is 3.22. The van der Waals surface area contributed by atoms with Crippen molar-refractivity contribution in [1.29, 1.82) is 0 Å². The molecule has 3 rings (SSSR count). The van der Waals surface area contributed by atoms with Crippen molar-refractivity contribution < 1.29 is 4.74 Å². The highest BCUT2D eigenvalue weighted by molar-refractivity contribution is 14.1. The fourth-order valence-electron chi connectivity index (χ4n) is 1.99. The standard InChI is InChI=1S/C15H16IN3OS/c1-10(2)17-9-12-14(18-15-19(12)7-8-21-15)20-13-6-4-3-5-11(13)16/h3-8,10,17H,9H2,1-2H3. The number of imidazole rings is 1. The van der Waals surface area contributed by atoms with Gasteiger partial charge in [0.1, 0.15) is 11.4 Å². The van der Waals surface area contributed by atoms with Crippen LogP contribution in [-0.2, 0) is 6.54 Å². The van der Waals surface area contributed by atoms with E-state index in [0.29, 0.717) is 11.9 Å². The second-order valence-corrected chi connectivity index (χ2v) is 7.02. The molecule has 0 amide bonds. The first-order valence-electron chi connectivity index (χ1n) is 6.75. The van der Waals surface area contributed by atoms with Crippen molar-refractivity contribution in [3.63, 3.8) is 0 Å².